The molecule has 2 fully saturated rings. The van der Waals surface area contributed by atoms with Crippen LogP contribution in [0.1, 0.15) is 31.3 Å². The van der Waals surface area contributed by atoms with Crippen LogP contribution >= 0.6 is 0 Å². The number of nitrogens with zero attached hydrogens (tertiary/aromatic N) is 6. The molecule has 1 saturated heterocycles. The number of carbonyl (C=O) groups is 1. The lowest BCUT2D eigenvalue weighted by Gasteiger charge is -2.36. The van der Waals surface area contributed by atoms with E-state index in [-0.39, 0.29) is 29.9 Å². The Kier molecular flexibility index (Phi) is 4.69. The van der Waals surface area contributed by atoms with Crippen molar-refractivity contribution < 1.29 is 18.4 Å². The first-order chi connectivity index (χ1) is 18.5. The number of rotatable bonds is 5. The van der Waals surface area contributed by atoms with Gasteiger partial charge in [0.15, 0.2) is 11.5 Å². The zero-order valence-corrected chi connectivity index (χ0v) is 20.3. The Labute approximate surface area is 212 Å². The van der Waals surface area contributed by atoms with Crippen molar-refractivity contribution >= 4 is 33.8 Å². The first-order valence-corrected chi connectivity index (χ1v) is 12.1. The Bertz CT molecular complexity index is 1560. The minimum absolute atomic E-state index is 0.0272. The second kappa shape index (κ2) is 8.70. The van der Waals surface area contributed by atoms with Gasteiger partial charge >= 0.3 is 0 Å². The molecule has 186 valence electrons. The molecule has 6 rings (SSSR count). The number of pyridine rings is 3. The van der Waals surface area contributed by atoms with Gasteiger partial charge in [0.05, 0.1) is 40.6 Å². The first-order valence-electron chi connectivity index (χ1n) is 13.6. The van der Waals surface area contributed by atoms with Crippen molar-refractivity contribution in [2.24, 2.45) is 11.8 Å². The topological polar surface area (TPSA) is 107 Å². The minimum atomic E-state index is -2.69. The van der Waals surface area contributed by atoms with E-state index >= 15 is 0 Å². The summed E-state index contributed by atoms with van der Waals surface area (Å²) < 4.78 is 35.3. The van der Waals surface area contributed by atoms with Crippen LogP contribution in [0.15, 0.2) is 36.8 Å². The monoisotopic (exact) mass is 490 g/mol. The van der Waals surface area contributed by atoms with Crippen LogP contribution < -0.4 is 15.0 Å². The maximum Gasteiger partial charge on any atom is 0.228 e. The molecule has 4 aromatic rings. The van der Waals surface area contributed by atoms with Gasteiger partial charge in [-0.15, -0.1) is 5.10 Å². The molecule has 0 bridgehead atoms. The van der Waals surface area contributed by atoms with Gasteiger partial charge in [-0.05, 0) is 44.4 Å². The molecule has 1 saturated carbocycles. The third-order valence-electron chi connectivity index (χ3n) is 6.87. The van der Waals surface area contributed by atoms with Gasteiger partial charge in [0.2, 0.25) is 11.8 Å². The molecule has 36 heavy (non-hydrogen) atoms. The van der Waals surface area contributed by atoms with E-state index < -0.39 is 7.04 Å². The van der Waals surface area contributed by atoms with E-state index in [9.17, 15) is 4.79 Å². The molecular weight excluding hydrogens is 458 g/mol. The summed E-state index contributed by atoms with van der Waals surface area (Å²) in [6.07, 6.45) is 5.96. The van der Waals surface area contributed by atoms with Crippen molar-refractivity contribution in [2.75, 3.05) is 30.3 Å². The number of methoxy groups -OCH3 is 1. The van der Waals surface area contributed by atoms with Crippen LogP contribution in [0.5, 0.6) is 5.88 Å². The summed E-state index contributed by atoms with van der Waals surface area (Å²) in [5.74, 6) is 0.889. The molecular formula is C26H29N7O3. The molecule has 1 aliphatic heterocycles. The fourth-order valence-corrected chi connectivity index (χ4v) is 4.91. The SMILES string of the molecule is [2H]C([2H])([2H])Oc1ncc(-c2nc3ccc(N4C[C@@H](C)O[C@@H](C)C4)cn3n2)c2cc(NC(=O)[C@H]3C[C@H]3C)ncc12. The predicted molar refractivity (Wildman–Crippen MR) is 136 cm³/mol. The van der Waals surface area contributed by atoms with Gasteiger partial charge in [-0.3, -0.25) is 4.79 Å². The lowest BCUT2D eigenvalue weighted by Crippen LogP contribution is -2.45. The normalized spacial score (nSPS) is 25.3. The molecule has 10 nitrogen and oxygen atoms in total. The minimum Gasteiger partial charge on any atom is -0.481 e. The summed E-state index contributed by atoms with van der Waals surface area (Å²) in [5.41, 5.74) is 2.21. The van der Waals surface area contributed by atoms with E-state index in [1.165, 1.54) is 12.4 Å². The zero-order chi connectivity index (χ0) is 27.5. The summed E-state index contributed by atoms with van der Waals surface area (Å²) in [5, 5.41) is 8.52. The highest BCUT2D eigenvalue weighted by molar-refractivity contribution is 6.01. The van der Waals surface area contributed by atoms with Crippen LogP contribution in [0.25, 0.3) is 27.8 Å². The van der Waals surface area contributed by atoms with Crippen molar-refractivity contribution in [2.45, 2.75) is 39.4 Å². The first kappa shape index (κ1) is 19.4. The van der Waals surface area contributed by atoms with Gasteiger partial charge in [0, 0.05) is 42.4 Å². The number of nitrogens with one attached hydrogen (secondary N) is 1. The second-order valence-electron chi connectivity index (χ2n) is 9.79. The van der Waals surface area contributed by atoms with E-state index in [1.54, 1.807) is 10.6 Å². The molecule has 0 spiro atoms. The van der Waals surface area contributed by atoms with Gasteiger partial charge in [-0.1, -0.05) is 6.92 Å². The number of fused-ring (bicyclic) bond motifs is 2. The summed E-state index contributed by atoms with van der Waals surface area (Å²) in [7, 11) is -2.69. The molecule has 1 N–H and O–H groups in total. The molecule has 2 aliphatic rings. The van der Waals surface area contributed by atoms with Gasteiger partial charge in [0.25, 0.3) is 0 Å². The van der Waals surface area contributed by atoms with Crippen LogP contribution in [0, 0.1) is 11.8 Å². The van der Waals surface area contributed by atoms with Gasteiger partial charge in [-0.2, -0.15) is 0 Å². The summed E-state index contributed by atoms with van der Waals surface area (Å²) in [6, 6.07) is 5.60. The van der Waals surface area contributed by atoms with Crippen molar-refractivity contribution in [3.63, 3.8) is 0 Å². The quantitative estimate of drug-likeness (QED) is 0.453. The molecule has 4 aromatic heterocycles. The molecule has 5 heterocycles. The largest absolute Gasteiger partial charge is 0.481 e. The Morgan fingerprint density at radius 3 is 2.72 bits per heavy atom. The van der Waals surface area contributed by atoms with Crippen LogP contribution in [0.4, 0.5) is 11.5 Å². The maximum atomic E-state index is 12.5. The Balaban J connectivity index is 1.40. The van der Waals surface area contributed by atoms with E-state index in [0.717, 1.165) is 25.2 Å². The number of ether oxygens (including phenoxy) is 2. The predicted octanol–water partition coefficient (Wildman–Crippen LogP) is 3.56. The average Bonchev–Trinajstić information content (AvgIpc) is 3.45. The van der Waals surface area contributed by atoms with E-state index in [4.69, 9.17) is 23.7 Å². The number of amides is 1. The van der Waals surface area contributed by atoms with Crippen molar-refractivity contribution in [1.82, 2.24) is 24.6 Å². The molecule has 0 unspecified atom stereocenters. The van der Waals surface area contributed by atoms with Crippen molar-refractivity contribution in [3.8, 4) is 17.3 Å². The molecule has 1 aliphatic carbocycles. The number of morpholine rings is 1. The van der Waals surface area contributed by atoms with Crippen molar-refractivity contribution in [1.29, 1.82) is 0 Å². The van der Waals surface area contributed by atoms with Gasteiger partial charge in [-0.25, -0.2) is 19.5 Å². The maximum absolute atomic E-state index is 12.5. The van der Waals surface area contributed by atoms with Gasteiger partial charge < -0.3 is 19.7 Å². The lowest BCUT2D eigenvalue weighted by atomic mass is 10.1. The highest BCUT2D eigenvalue weighted by Crippen LogP contribution is 2.39. The standard InChI is InChI=1S/C26H29N7O3/c1-14-7-18(14)25(34)29-22-8-19-20(9-28-26(35-4)21(19)10-27-22)24-30-23-6-5-17(13-33(23)31-24)32-11-15(2)36-16(3)12-32/h5-6,8-10,13-16,18H,7,11-12H2,1-4H3,(H,27,29,34)/t14-,15-,16+,18+/m1/s1/i4D3. The number of anilines is 2. The summed E-state index contributed by atoms with van der Waals surface area (Å²) in [6.45, 7) is 7.70. The molecule has 4 atom stereocenters. The second-order valence-corrected chi connectivity index (χ2v) is 9.79. The number of hydrogen-bond donors (Lipinski definition) is 1. The van der Waals surface area contributed by atoms with E-state index in [2.05, 4.69) is 34.0 Å². The zero-order valence-electron chi connectivity index (χ0n) is 23.3. The smallest absolute Gasteiger partial charge is 0.228 e. The third kappa shape index (κ3) is 4.11. The van der Waals surface area contributed by atoms with Gasteiger partial charge in [0.1, 0.15) is 5.82 Å². The highest BCUT2D eigenvalue weighted by atomic mass is 16.5. The average molecular weight is 491 g/mol. The number of hydrogen-bond acceptors (Lipinski definition) is 8. The molecule has 0 aromatic carbocycles. The summed E-state index contributed by atoms with van der Waals surface area (Å²) in [4.78, 5) is 28.1. The van der Waals surface area contributed by atoms with Crippen LogP contribution in [-0.2, 0) is 9.53 Å². The van der Waals surface area contributed by atoms with E-state index in [1.807, 2.05) is 25.3 Å². The number of carbonyl (C=O) groups excluding carboxylic acids is 1. The molecule has 0 radical (unpaired) electrons. The highest BCUT2D eigenvalue weighted by Gasteiger charge is 2.39. The Hall–Kier alpha value is -3.79. The lowest BCUT2D eigenvalue weighted by molar-refractivity contribution is -0.117. The molecule has 10 heteroatoms. The number of aromatic nitrogens is 5. The van der Waals surface area contributed by atoms with Crippen LogP contribution in [0.2, 0.25) is 0 Å². The van der Waals surface area contributed by atoms with Crippen molar-refractivity contribution in [3.05, 3.63) is 36.8 Å². The fraction of sp³-hybridized carbons (Fsp3) is 0.423. The Morgan fingerprint density at radius 1 is 1.17 bits per heavy atom. The van der Waals surface area contributed by atoms with Crippen LogP contribution in [0.3, 0.4) is 0 Å². The third-order valence-corrected chi connectivity index (χ3v) is 6.87. The fourth-order valence-electron chi connectivity index (χ4n) is 4.91. The summed E-state index contributed by atoms with van der Waals surface area (Å²) >= 11 is 0. The van der Waals surface area contributed by atoms with E-state index in [0.29, 0.717) is 39.5 Å². The van der Waals surface area contributed by atoms with Crippen LogP contribution in [-0.4, -0.2) is 62.8 Å². The molecule has 1 amide bonds. The Morgan fingerprint density at radius 2 is 1.97 bits per heavy atom.